The van der Waals surface area contributed by atoms with Crippen LogP contribution in [0.4, 0.5) is 34.5 Å². The summed E-state index contributed by atoms with van der Waals surface area (Å²) in [6.07, 6.45) is 7.46. The van der Waals surface area contributed by atoms with E-state index in [-0.39, 0.29) is 12.8 Å². The Kier molecular flexibility index (Phi) is 12.8. The van der Waals surface area contributed by atoms with Crippen LogP contribution in [0.15, 0.2) is 102 Å². The van der Waals surface area contributed by atoms with Crippen LogP contribution >= 0.6 is 23.1 Å². The molecule has 0 bridgehead atoms. The van der Waals surface area contributed by atoms with Gasteiger partial charge in [0.25, 0.3) is 11.8 Å². The number of nitrogens with one attached hydrogen (secondary N) is 3. The molecular formula is C51H53BrN11O6P. The molecule has 4 amide bonds. The molecule has 17 nitrogen and oxygen atoms in total. The number of amides is 4. The fourth-order valence-corrected chi connectivity index (χ4v) is 11.6. The fourth-order valence-electron chi connectivity index (χ4n) is 10.1. The van der Waals surface area contributed by atoms with E-state index in [1.807, 2.05) is 80.1 Å². The first-order valence-electron chi connectivity index (χ1n) is 23.3. The minimum Gasteiger partial charge on any atom is -0.497 e. The van der Waals surface area contributed by atoms with Crippen LogP contribution in [0.25, 0.3) is 22.3 Å². The Morgan fingerprint density at radius 1 is 0.757 bits per heavy atom. The molecule has 0 radical (unpaired) electrons. The van der Waals surface area contributed by atoms with Crippen molar-refractivity contribution in [2.24, 2.45) is 7.05 Å². The number of aromatic nitrogens is 4. The maximum Gasteiger partial charge on any atom is 0.264 e. The van der Waals surface area contributed by atoms with Gasteiger partial charge in [0.05, 0.1) is 51.7 Å². The Morgan fingerprint density at radius 3 is 2.21 bits per heavy atom. The zero-order valence-corrected chi connectivity index (χ0v) is 41.8. The maximum absolute atomic E-state index is 13.9. The lowest BCUT2D eigenvalue weighted by molar-refractivity contribution is -0.136. The lowest BCUT2D eigenvalue weighted by Crippen LogP contribution is -2.54. The second kappa shape index (κ2) is 19.1. The Labute approximate surface area is 414 Å². The number of hydrogen-bond donors (Lipinski definition) is 3. The SMILES string of the molecule is COc1cc(Nc2ncc(Br)c(Nc3ccc(-c4ccccc4)cc3P(C)(C)=O)n2)c(-c2cnn(C)c2)c(N2CCN(C3CCN(c4cccc5c4C(=O)N(C4CCC(=O)NC4=O)C5=O)CC3)CC2)c1. The zero-order chi connectivity index (χ0) is 48.8. The van der Waals surface area contributed by atoms with Crippen molar-refractivity contribution in [2.45, 2.75) is 37.8 Å². The van der Waals surface area contributed by atoms with Crippen molar-refractivity contribution >= 4 is 86.5 Å². The van der Waals surface area contributed by atoms with E-state index in [1.54, 1.807) is 43.5 Å². The molecule has 10 rings (SSSR count). The van der Waals surface area contributed by atoms with Crippen LogP contribution in [-0.4, -0.2) is 125 Å². The first-order chi connectivity index (χ1) is 33.7. The highest BCUT2D eigenvalue weighted by Gasteiger charge is 2.46. The molecule has 1 atom stereocenters. The summed E-state index contributed by atoms with van der Waals surface area (Å²) in [5, 5.41) is 14.5. The number of rotatable bonds is 12. The Morgan fingerprint density at radius 2 is 1.51 bits per heavy atom. The third-order valence-corrected chi connectivity index (χ3v) is 15.8. The molecule has 360 valence electrons. The van der Waals surface area contributed by atoms with Gasteiger partial charge in [-0.2, -0.15) is 10.1 Å². The van der Waals surface area contributed by atoms with E-state index >= 15 is 0 Å². The molecule has 2 aromatic heterocycles. The number of methoxy groups -OCH3 is 1. The molecule has 6 aromatic rings. The number of nitrogens with zero attached hydrogens (tertiary/aromatic N) is 8. The summed E-state index contributed by atoms with van der Waals surface area (Å²) in [6, 6.07) is 24.6. The standard InChI is InChI=1S/C51H53BrN11O6P/c1-59-30-33(28-54-59)45-39(56-51-53-29-37(52)47(58-51)55-38-14-13-32(25-43(38)70(3,4)68)31-9-6-5-7-10-31)26-35(69-2)27-42(45)62-23-21-60(22-24-62)34-17-19-61(20-18-34)40-12-8-11-36-46(40)50(67)63(49(36)66)41-15-16-44(64)57-48(41)65/h5-14,25-30,34,41H,15-24H2,1-4H3,(H,57,64,65)(H2,53,55,56,58). The molecule has 19 heteroatoms. The fraction of sp³-hybridized carbons (Fsp3) is 0.314. The summed E-state index contributed by atoms with van der Waals surface area (Å²) in [5.41, 5.74) is 7.57. The minimum atomic E-state index is -2.74. The van der Waals surface area contributed by atoms with Gasteiger partial charge in [0.15, 0.2) is 0 Å². The molecule has 1 unspecified atom stereocenters. The number of ether oxygens (including phenoxy) is 1. The van der Waals surface area contributed by atoms with Crippen LogP contribution in [0.3, 0.4) is 0 Å². The third-order valence-electron chi connectivity index (χ3n) is 13.7. The lowest BCUT2D eigenvalue weighted by atomic mass is 9.99. The first-order valence-corrected chi connectivity index (χ1v) is 26.7. The molecule has 70 heavy (non-hydrogen) atoms. The number of fused-ring (bicyclic) bond motifs is 1. The summed E-state index contributed by atoms with van der Waals surface area (Å²) in [6.45, 7) is 8.10. The van der Waals surface area contributed by atoms with Gasteiger partial charge in [-0.15, -0.1) is 0 Å². The van der Waals surface area contributed by atoms with Gasteiger partial charge in [-0.3, -0.25) is 39.0 Å². The second-order valence-corrected chi connectivity index (χ2v) is 22.5. The summed E-state index contributed by atoms with van der Waals surface area (Å²) in [4.78, 5) is 69.7. The van der Waals surface area contributed by atoms with Crippen LogP contribution < -0.4 is 35.8 Å². The van der Waals surface area contributed by atoms with Gasteiger partial charge >= 0.3 is 0 Å². The van der Waals surface area contributed by atoms with Gasteiger partial charge in [-0.05, 0) is 83.9 Å². The van der Waals surface area contributed by atoms with E-state index in [0.29, 0.717) is 68.9 Å². The predicted molar refractivity (Wildman–Crippen MR) is 275 cm³/mol. The average molecular weight is 1030 g/mol. The number of imide groups is 2. The summed E-state index contributed by atoms with van der Waals surface area (Å²) in [7, 11) is 0.812. The molecule has 0 saturated carbocycles. The van der Waals surface area contributed by atoms with Gasteiger partial charge in [0, 0.05) is 99.7 Å². The van der Waals surface area contributed by atoms with Crippen LogP contribution in [0.1, 0.15) is 46.4 Å². The molecule has 3 saturated heterocycles. The van der Waals surface area contributed by atoms with Crippen LogP contribution in [0.2, 0.25) is 0 Å². The lowest BCUT2D eigenvalue weighted by Gasteiger charge is -2.44. The number of anilines is 6. The van der Waals surface area contributed by atoms with Crippen LogP contribution in [0.5, 0.6) is 5.75 Å². The van der Waals surface area contributed by atoms with E-state index in [4.69, 9.17) is 9.72 Å². The van der Waals surface area contributed by atoms with E-state index in [2.05, 4.69) is 62.7 Å². The normalized spacial score (nSPS) is 18.0. The Bertz CT molecular complexity index is 3090. The highest BCUT2D eigenvalue weighted by Crippen LogP contribution is 2.44. The molecule has 4 aliphatic rings. The largest absolute Gasteiger partial charge is 0.497 e. The Balaban J connectivity index is 0.854. The number of piperazine rings is 1. The molecule has 0 spiro atoms. The zero-order valence-electron chi connectivity index (χ0n) is 39.3. The number of aryl methyl sites for hydroxylation is 1. The number of hydrogen-bond acceptors (Lipinski definition) is 14. The van der Waals surface area contributed by atoms with Crippen molar-refractivity contribution in [3.63, 3.8) is 0 Å². The average Bonchev–Trinajstić information content (AvgIpc) is 3.91. The molecular weight excluding hydrogens is 974 g/mol. The smallest absolute Gasteiger partial charge is 0.264 e. The van der Waals surface area contributed by atoms with Crippen LogP contribution in [0, 0.1) is 0 Å². The molecule has 4 aromatic carbocycles. The van der Waals surface area contributed by atoms with Crippen molar-refractivity contribution < 1.29 is 28.5 Å². The van der Waals surface area contributed by atoms with Gasteiger partial charge in [0.1, 0.15) is 24.8 Å². The molecule has 3 fully saturated rings. The van der Waals surface area contributed by atoms with E-state index in [0.717, 1.165) is 77.5 Å². The second-order valence-electron chi connectivity index (χ2n) is 18.4. The number of benzene rings is 4. The monoisotopic (exact) mass is 1030 g/mol. The molecule has 0 aliphatic carbocycles. The Hall–Kier alpha value is -6.88. The maximum atomic E-state index is 13.9. The van der Waals surface area contributed by atoms with Crippen molar-refractivity contribution in [3.8, 4) is 28.0 Å². The van der Waals surface area contributed by atoms with Crippen molar-refractivity contribution in [1.82, 2.24) is 34.9 Å². The van der Waals surface area contributed by atoms with Crippen molar-refractivity contribution in [1.29, 1.82) is 0 Å². The highest BCUT2D eigenvalue weighted by molar-refractivity contribution is 9.10. The third kappa shape index (κ3) is 9.18. The van der Waals surface area contributed by atoms with Gasteiger partial charge in [-0.25, -0.2) is 4.98 Å². The number of carbonyl (C=O) groups excluding carboxylic acids is 4. The predicted octanol–water partition coefficient (Wildman–Crippen LogP) is 7.24. The molecule has 6 heterocycles. The quantitative estimate of drug-likeness (QED) is 0.0822. The number of halogens is 1. The van der Waals surface area contributed by atoms with Gasteiger partial charge < -0.3 is 29.7 Å². The van der Waals surface area contributed by atoms with Gasteiger partial charge in [0.2, 0.25) is 17.8 Å². The summed E-state index contributed by atoms with van der Waals surface area (Å²) in [5.74, 6) is -0.507. The van der Waals surface area contributed by atoms with Crippen molar-refractivity contribution in [2.75, 3.05) is 80.1 Å². The van der Waals surface area contributed by atoms with E-state index in [9.17, 15) is 23.7 Å². The molecule has 3 N–H and O–H groups in total. The first kappa shape index (κ1) is 46.8. The van der Waals surface area contributed by atoms with Crippen LogP contribution in [-0.2, 0) is 21.2 Å². The topological polar surface area (TPSA) is 187 Å². The van der Waals surface area contributed by atoms with E-state index in [1.165, 1.54) is 0 Å². The summed E-state index contributed by atoms with van der Waals surface area (Å²) < 4.78 is 22.0. The van der Waals surface area contributed by atoms with Crippen molar-refractivity contribution in [3.05, 3.63) is 113 Å². The van der Waals surface area contributed by atoms with E-state index < -0.39 is 36.8 Å². The highest BCUT2D eigenvalue weighted by atomic mass is 79.9. The number of piperidine rings is 2. The number of carbonyl (C=O) groups is 4. The van der Waals surface area contributed by atoms with Gasteiger partial charge in [-0.1, -0.05) is 42.5 Å². The summed E-state index contributed by atoms with van der Waals surface area (Å²) >= 11 is 3.65. The minimum absolute atomic E-state index is 0.0721. The molecule has 4 aliphatic heterocycles.